The summed E-state index contributed by atoms with van der Waals surface area (Å²) in [5.74, 6) is -1.59. The van der Waals surface area contributed by atoms with Gasteiger partial charge in [0.2, 0.25) is 0 Å². The maximum Gasteiger partial charge on any atom is 0.254 e. The average Bonchev–Trinajstić information content (AvgIpc) is 2.87. The smallest absolute Gasteiger partial charge is 0.254 e. The molecule has 2 N–H and O–H groups in total. The summed E-state index contributed by atoms with van der Waals surface area (Å²) in [7, 11) is 0. The highest BCUT2D eigenvalue weighted by Gasteiger charge is 2.24. The fourth-order valence-corrected chi connectivity index (χ4v) is 2.34. The lowest BCUT2D eigenvalue weighted by Gasteiger charge is -2.20. The van der Waals surface area contributed by atoms with E-state index in [9.17, 15) is 13.6 Å². The van der Waals surface area contributed by atoms with Crippen LogP contribution in [0.3, 0.4) is 0 Å². The van der Waals surface area contributed by atoms with Gasteiger partial charge >= 0.3 is 0 Å². The van der Waals surface area contributed by atoms with E-state index in [0.29, 0.717) is 5.92 Å². The predicted octanol–water partition coefficient (Wildman–Crippen LogP) is 2.00. The Hall–Kier alpha value is -1.49. The second-order valence-corrected chi connectivity index (χ2v) is 5.10. The molecule has 1 aliphatic rings. The molecule has 19 heavy (non-hydrogen) atoms. The van der Waals surface area contributed by atoms with Gasteiger partial charge in [0.25, 0.3) is 5.91 Å². The van der Waals surface area contributed by atoms with Crippen molar-refractivity contribution in [2.45, 2.75) is 26.3 Å². The lowest BCUT2D eigenvalue weighted by atomic mass is 10.00. The molecule has 2 atom stereocenters. The van der Waals surface area contributed by atoms with Crippen LogP contribution >= 0.6 is 0 Å². The maximum absolute atomic E-state index is 13.6. The minimum absolute atomic E-state index is 0.0349. The highest BCUT2D eigenvalue weighted by Crippen LogP contribution is 2.16. The van der Waals surface area contributed by atoms with E-state index >= 15 is 0 Å². The van der Waals surface area contributed by atoms with E-state index in [1.54, 1.807) is 0 Å². The normalized spacial score (nSPS) is 20.3. The molecule has 2 unspecified atom stereocenters. The van der Waals surface area contributed by atoms with Crippen LogP contribution in [-0.2, 0) is 0 Å². The SMILES string of the molecule is Cc1cc(C(=O)NC(C)C2CCNC2)c(F)cc1F. The molecule has 2 rings (SSSR count). The molecule has 3 nitrogen and oxygen atoms in total. The van der Waals surface area contributed by atoms with Crippen molar-refractivity contribution in [3.63, 3.8) is 0 Å². The number of hydrogen-bond acceptors (Lipinski definition) is 2. The summed E-state index contributed by atoms with van der Waals surface area (Å²) in [6, 6.07) is 1.97. The third-order valence-electron chi connectivity index (χ3n) is 3.66. The predicted molar refractivity (Wildman–Crippen MR) is 69.0 cm³/mol. The van der Waals surface area contributed by atoms with E-state index in [1.165, 1.54) is 13.0 Å². The van der Waals surface area contributed by atoms with Crippen molar-refractivity contribution in [3.05, 3.63) is 34.9 Å². The highest BCUT2D eigenvalue weighted by atomic mass is 19.1. The minimum Gasteiger partial charge on any atom is -0.349 e. The molecule has 104 valence electrons. The quantitative estimate of drug-likeness (QED) is 0.880. The van der Waals surface area contributed by atoms with Gasteiger partial charge in [0.1, 0.15) is 11.6 Å². The number of nitrogens with one attached hydrogen (secondary N) is 2. The monoisotopic (exact) mass is 268 g/mol. The molecule has 0 aliphatic carbocycles. The summed E-state index contributed by atoms with van der Waals surface area (Å²) in [5.41, 5.74) is 0.165. The molecule has 1 aromatic rings. The summed E-state index contributed by atoms with van der Waals surface area (Å²) in [6.45, 7) is 5.21. The number of benzene rings is 1. The van der Waals surface area contributed by atoms with Crippen LogP contribution < -0.4 is 10.6 Å². The lowest BCUT2D eigenvalue weighted by Crippen LogP contribution is -2.39. The Morgan fingerprint density at radius 2 is 2.16 bits per heavy atom. The van der Waals surface area contributed by atoms with E-state index in [0.717, 1.165) is 25.6 Å². The summed E-state index contributed by atoms with van der Waals surface area (Å²) in [5, 5.41) is 6.00. The van der Waals surface area contributed by atoms with Gasteiger partial charge in [-0.25, -0.2) is 8.78 Å². The molecular formula is C14H18F2N2O. The van der Waals surface area contributed by atoms with E-state index in [1.807, 2.05) is 6.92 Å². The van der Waals surface area contributed by atoms with Crippen LogP contribution in [0, 0.1) is 24.5 Å². The molecule has 1 saturated heterocycles. The van der Waals surface area contributed by atoms with Crippen LogP contribution in [0.2, 0.25) is 0 Å². The number of amides is 1. The fraction of sp³-hybridized carbons (Fsp3) is 0.500. The first-order valence-electron chi connectivity index (χ1n) is 6.46. The first kappa shape index (κ1) is 13.9. The zero-order valence-corrected chi connectivity index (χ0v) is 11.1. The van der Waals surface area contributed by atoms with Crippen molar-refractivity contribution >= 4 is 5.91 Å². The van der Waals surface area contributed by atoms with Gasteiger partial charge in [-0.15, -0.1) is 0 Å². The van der Waals surface area contributed by atoms with Crippen molar-refractivity contribution in [1.29, 1.82) is 0 Å². The van der Waals surface area contributed by atoms with Crippen LogP contribution in [0.25, 0.3) is 0 Å². The Kier molecular flexibility index (Phi) is 4.14. The van der Waals surface area contributed by atoms with Crippen molar-refractivity contribution in [1.82, 2.24) is 10.6 Å². The molecule has 1 amide bonds. The molecule has 0 radical (unpaired) electrons. The first-order chi connectivity index (χ1) is 8.99. The molecule has 0 aromatic heterocycles. The van der Waals surface area contributed by atoms with Crippen LogP contribution in [0.15, 0.2) is 12.1 Å². The second kappa shape index (κ2) is 5.65. The van der Waals surface area contributed by atoms with E-state index in [4.69, 9.17) is 0 Å². The highest BCUT2D eigenvalue weighted by molar-refractivity contribution is 5.94. The number of carbonyl (C=O) groups excluding carboxylic acids is 1. The molecule has 0 bridgehead atoms. The number of halogens is 2. The standard InChI is InChI=1S/C14H18F2N2O/c1-8-5-11(13(16)6-12(8)15)14(19)18-9(2)10-3-4-17-7-10/h5-6,9-10,17H,3-4,7H2,1-2H3,(H,18,19). The topological polar surface area (TPSA) is 41.1 Å². The summed E-state index contributed by atoms with van der Waals surface area (Å²) in [6.07, 6.45) is 0.992. The lowest BCUT2D eigenvalue weighted by molar-refractivity contribution is 0.0924. The largest absolute Gasteiger partial charge is 0.349 e. The van der Waals surface area contributed by atoms with Gasteiger partial charge in [0.15, 0.2) is 0 Å². The summed E-state index contributed by atoms with van der Waals surface area (Å²) in [4.78, 5) is 12.0. The Labute approximate surface area is 111 Å². The van der Waals surface area contributed by atoms with Crippen LogP contribution in [0.5, 0.6) is 0 Å². The van der Waals surface area contributed by atoms with Crippen molar-refractivity contribution < 1.29 is 13.6 Å². The van der Waals surface area contributed by atoms with Crippen molar-refractivity contribution in [3.8, 4) is 0 Å². The van der Waals surface area contributed by atoms with Gasteiger partial charge in [-0.05, 0) is 50.9 Å². The van der Waals surface area contributed by atoms with E-state index in [-0.39, 0.29) is 17.2 Å². The van der Waals surface area contributed by atoms with Gasteiger partial charge in [-0.3, -0.25) is 4.79 Å². The van der Waals surface area contributed by atoms with Crippen molar-refractivity contribution in [2.75, 3.05) is 13.1 Å². The molecule has 1 fully saturated rings. The van der Waals surface area contributed by atoms with Gasteiger partial charge in [-0.1, -0.05) is 0 Å². The van der Waals surface area contributed by atoms with Gasteiger partial charge < -0.3 is 10.6 Å². The van der Waals surface area contributed by atoms with Crippen LogP contribution in [0.1, 0.15) is 29.3 Å². The fourth-order valence-electron chi connectivity index (χ4n) is 2.34. The number of rotatable bonds is 3. The summed E-state index contributed by atoms with van der Waals surface area (Å²) >= 11 is 0. The second-order valence-electron chi connectivity index (χ2n) is 5.10. The number of carbonyl (C=O) groups is 1. The Balaban J connectivity index is 2.09. The third kappa shape index (κ3) is 3.10. The Morgan fingerprint density at radius 3 is 2.79 bits per heavy atom. The molecule has 1 aromatic carbocycles. The van der Waals surface area contributed by atoms with E-state index < -0.39 is 17.5 Å². The number of aryl methyl sites for hydroxylation is 1. The molecule has 0 spiro atoms. The zero-order chi connectivity index (χ0) is 14.0. The van der Waals surface area contributed by atoms with Gasteiger partial charge in [0, 0.05) is 12.1 Å². The first-order valence-corrected chi connectivity index (χ1v) is 6.46. The maximum atomic E-state index is 13.6. The molecule has 1 heterocycles. The third-order valence-corrected chi connectivity index (χ3v) is 3.66. The van der Waals surface area contributed by atoms with Crippen molar-refractivity contribution in [2.24, 2.45) is 5.92 Å². The molecule has 1 aliphatic heterocycles. The molecular weight excluding hydrogens is 250 g/mol. The zero-order valence-electron chi connectivity index (χ0n) is 11.1. The van der Waals surface area contributed by atoms with E-state index in [2.05, 4.69) is 10.6 Å². The molecule has 0 saturated carbocycles. The summed E-state index contributed by atoms with van der Waals surface area (Å²) < 4.78 is 26.7. The minimum atomic E-state index is -0.822. The number of hydrogen-bond donors (Lipinski definition) is 2. The van der Waals surface area contributed by atoms with Gasteiger partial charge in [-0.2, -0.15) is 0 Å². The Bertz CT molecular complexity index is 485. The van der Waals surface area contributed by atoms with Gasteiger partial charge in [0.05, 0.1) is 5.56 Å². The van der Waals surface area contributed by atoms with Crippen LogP contribution in [0.4, 0.5) is 8.78 Å². The average molecular weight is 268 g/mol. The Morgan fingerprint density at radius 1 is 1.42 bits per heavy atom. The molecule has 5 heteroatoms. The van der Waals surface area contributed by atoms with Crippen LogP contribution in [-0.4, -0.2) is 25.0 Å².